The van der Waals surface area contributed by atoms with Crippen LogP contribution in [0.2, 0.25) is 25.7 Å². The summed E-state index contributed by atoms with van der Waals surface area (Å²) in [6.07, 6.45) is 3.62. The van der Waals surface area contributed by atoms with Gasteiger partial charge in [-0.1, -0.05) is 19.6 Å². The van der Waals surface area contributed by atoms with Crippen molar-refractivity contribution in [2.45, 2.75) is 63.6 Å². The number of imide groups is 1. The van der Waals surface area contributed by atoms with Gasteiger partial charge in [0.25, 0.3) is 0 Å². The van der Waals surface area contributed by atoms with Gasteiger partial charge < -0.3 is 10.1 Å². The van der Waals surface area contributed by atoms with E-state index < -0.39 is 42.9 Å². The van der Waals surface area contributed by atoms with Gasteiger partial charge in [0.2, 0.25) is 5.91 Å². The Balaban J connectivity index is 1.56. The van der Waals surface area contributed by atoms with Gasteiger partial charge in [0, 0.05) is 29.5 Å². The number of carbonyl (C=O) groups is 2. The highest BCUT2D eigenvalue weighted by molar-refractivity contribution is 14.1. The maximum absolute atomic E-state index is 14.5. The van der Waals surface area contributed by atoms with Crippen LogP contribution in [0.3, 0.4) is 0 Å². The Labute approximate surface area is 206 Å². The maximum atomic E-state index is 14.5. The normalized spacial score (nSPS) is 20.8. The quantitative estimate of drug-likeness (QED) is 0.300. The van der Waals surface area contributed by atoms with E-state index in [1.807, 2.05) is 0 Å². The van der Waals surface area contributed by atoms with Gasteiger partial charge in [-0.25, -0.2) is 23.2 Å². The molecule has 1 saturated heterocycles. The van der Waals surface area contributed by atoms with Crippen LogP contribution in [0.15, 0.2) is 18.3 Å². The molecule has 1 atom stereocenters. The van der Waals surface area contributed by atoms with Crippen molar-refractivity contribution in [1.82, 2.24) is 15.1 Å². The van der Waals surface area contributed by atoms with Crippen molar-refractivity contribution in [2.24, 2.45) is 0 Å². The summed E-state index contributed by atoms with van der Waals surface area (Å²) in [5.74, 6) is -2.55. The Morgan fingerprint density at radius 1 is 1.24 bits per heavy atom. The zero-order valence-corrected chi connectivity index (χ0v) is 22.0. The topological polar surface area (TPSA) is 76.5 Å². The molecule has 3 amide bonds. The van der Waals surface area contributed by atoms with Crippen molar-refractivity contribution in [1.29, 1.82) is 0 Å². The Morgan fingerprint density at radius 2 is 1.94 bits per heavy atom. The summed E-state index contributed by atoms with van der Waals surface area (Å²) in [7, 11) is -1.20. The minimum atomic E-state index is -1.20. The number of urea groups is 1. The number of rotatable bonds is 6. The van der Waals surface area contributed by atoms with Crippen LogP contribution in [0.4, 0.5) is 19.3 Å². The summed E-state index contributed by atoms with van der Waals surface area (Å²) in [6.45, 7) is 7.83. The lowest BCUT2D eigenvalue weighted by Gasteiger charge is -2.43. The standard InChI is InChI=1S/C22H27F2IN4O3Si/c1-33(2,3)8-7-32-13-28-18-5-4-6-22(15(18)12-26-28)11-19(30)29(21(31)27-22)20-16(23)9-14(25)10-17(20)24/h9-10,12H,4-8,11,13H2,1-3H3,(H,27,31)/t22-/m0/s1. The highest BCUT2D eigenvalue weighted by atomic mass is 127. The van der Waals surface area contributed by atoms with Crippen LogP contribution in [-0.2, 0) is 28.2 Å². The monoisotopic (exact) mass is 588 g/mol. The molecule has 1 aliphatic carbocycles. The van der Waals surface area contributed by atoms with E-state index in [9.17, 15) is 18.4 Å². The number of aromatic nitrogens is 2. The van der Waals surface area contributed by atoms with Crippen molar-refractivity contribution in [3.63, 3.8) is 0 Å². The maximum Gasteiger partial charge on any atom is 0.329 e. The van der Waals surface area contributed by atoms with Crippen LogP contribution in [0.25, 0.3) is 0 Å². The van der Waals surface area contributed by atoms with E-state index in [2.05, 4.69) is 30.1 Å². The predicted octanol–water partition coefficient (Wildman–Crippen LogP) is 4.76. The van der Waals surface area contributed by atoms with Crippen LogP contribution in [0.5, 0.6) is 0 Å². The molecule has 1 aliphatic heterocycles. The molecular formula is C22H27F2IN4O3Si. The molecule has 178 valence electrons. The van der Waals surface area contributed by atoms with Crippen LogP contribution in [0, 0.1) is 15.2 Å². The van der Waals surface area contributed by atoms with Gasteiger partial charge in [0.1, 0.15) is 12.4 Å². The first kappa shape index (κ1) is 24.3. The van der Waals surface area contributed by atoms with Crippen molar-refractivity contribution < 1.29 is 23.1 Å². The first-order valence-corrected chi connectivity index (χ1v) is 15.7. The molecule has 1 aromatic carbocycles. The summed E-state index contributed by atoms with van der Waals surface area (Å²) < 4.78 is 36.9. The number of nitrogens with one attached hydrogen (secondary N) is 1. The van der Waals surface area contributed by atoms with E-state index in [0.29, 0.717) is 28.2 Å². The molecule has 33 heavy (non-hydrogen) atoms. The van der Waals surface area contributed by atoms with Gasteiger partial charge in [-0.05, 0) is 60.0 Å². The summed E-state index contributed by atoms with van der Waals surface area (Å²) in [5.41, 5.74) is 0.107. The molecule has 1 aromatic heterocycles. The minimum absolute atomic E-state index is 0.0984. The molecule has 1 fully saturated rings. The number of fused-ring (bicyclic) bond motifs is 2. The van der Waals surface area contributed by atoms with E-state index in [1.54, 1.807) is 33.5 Å². The smallest absolute Gasteiger partial charge is 0.329 e. The third-order valence-electron chi connectivity index (χ3n) is 6.15. The second-order valence-electron chi connectivity index (χ2n) is 9.84. The average Bonchev–Trinajstić information content (AvgIpc) is 3.11. The molecule has 1 spiro atoms. The molecule has 7 nitrogen and oxygen atoms in total. The zero-order chi connectivity index (χ0) is 24.0. The van der Waals surface area contributed by atoms with E-state index in [-0.39, 0.29) is 6.42 Å². The van der Waals surface area contributed by atoms with Crippen molar-refractivity contribution >= 4 is 48.3 Å². The van der Waals surface area contributed by atoms with Crippen LogP contribution < -0.4 is 10.2 Å². The van der Waals surface area contributed by atoms with Gasteiger partial charge in [-0.2, -0.15) is 5.10 Å². The Hall–Kier alpha value is -1.86. The first-order valence-electron chi connectivity index (χ1n) is 10.9. The number of ether oxygens (including phenoxy) is 1. The zero-order valence-electron chi connectivity index (χ0n) is 18.9. The Morgan fingerprint density at radius 3 is 2.58 bits per heavy atom. The predicted molar refractivity (Wildman–Crippen MR) is 131 cm³/mol. The number of carbonyl (C=O) groups excluding carboxylic acids is 2. The fourth-order valence-electron chi connectivity index (χ4n) is 4.45. The molecule has 2 aromatic rings. The summed E-state index contributed by atoms with van der Waals surface area (Å²) >= 11 is 1.78. The van der Waals surface area contributed by atoms with Crippen LogP contribution >= 0.6 is 22.6 Å². The molecular weight excluding hydrogens is 561 g/mol. The van der Waals surface area contributed by atoms with E-state index in [4.69, 9.17) is 4.74 Å². The van der Waals surface area contributed by atoms with Gasteiger partial charge in [0.05, 0.1) is 18.2 Å². The molecule has 0 bridgehead atoms. The van der Waals surface area contributed by atoms with E-state index in [0.717, 1.165) is 42.3 Å². The van der Waals surface area contributed by atoms with Crippen molar-refractivity contribution in [3.8, 4) is 0 Å². The van der Waals surface area contributed by atoms with Gasteiger partial charge in [-0.3, -0.25) is 4.79 Å². The molecule has 0 unspecified atom stereocenters. The molecule has 11 heteroatoms. The van der Waals surface area contributed by atoms with Gasteiger partial charge in [0.15, 0.2) is 11.6 Å². The fourth-order valence-corrected chi connectivity index (χ4v) is 5.75. The summed E-state index contributed by atoms with van der Waals surface area (Å²) in [5, 5.41) is 7.33. The summed E-state index contributed by atoms with van der Waals surface area (Å²) in [6, 6.07) is 2.40. The van der Waals surface area contributed by atoms with Crippen molar-refractivity contribution in [3.05, 3.63) is 44.8 Å². The third kappa shape index (κ3) is 4.85. The lowest BCUT2D eigenvalue weighted by molar-refractivity contribution is -0.120. The van der Waals surface area contributed by atoms with Crippen LogP contribution in [0.1, 0.15) is 30.5 Å². The molecule has 2 heterocycles. The number of amides is 3. The van der Waals surface area contributed by atoms with E-state index >= 15 is 0 Å². The highest BCUT2D eigenvalue weighted by Crippen LogP contribution is 2.42. The summed E-state index contributed by atoms with van der Waals surface area (Å²) in [4.78, 5) is 26.6. The number of hydrogen-bond acceptors (Lipinski definition) is 4. The number of benzene rings is 1. The number of anilines is 1. The number of hydrogen-bond donors (Lipinski definition) is 1. The molecule has 4 rings (SSSR count). The average molecular weight is 588 g/mol. The lowest BCUT2D eigenvalue weighted by atomic mass is 9.76. The van der Waals surface area contributed by atoms with Crippen molar-refractivity contribution in [2.75, 3.05) is 11.5 Å². The highest BCUT2D eigenvalue weighted by Gasteiger charge is 2.49. The SMILES string of the molecule is C[Si](C)(C)CCOCn1ncc2c1CCC[C@]21CC(=O)N(c2c(F)cc(I)cc2F)C(=O)N1. The fraction of sp³-hybridized carbons (Fsp3) is 0.500. The van der Waals surface area contributed by atoms with Gasteiger partial charge in [-0.15, -0.1) is 0 Å². The molecule has 0 saturated carbocycles. The first-order chi connectivity index (χ1) is 15.5. The van der Waals surface area contributed by atoms with E-state index in [1.165, 1.54) is 0 Å². The second-order valence-corrected chi connectivity index (χ2v) is 16.7. The Bertz CT molecular complexity index is 1060. The van der Waals surface area contributed by atoms with Gasteiger partial charge >= 0.3 is 6.03 Å². The Kier molecular flexibility index (Phi) is 6.66. The molecule has 2 aliphatic rings. The third-order valence-corrected chi connectivity index (χ3v) is 8.48. The number of nitrogens with zero attached hydrogens (tertiary/aromatic N) is 3. The largest absolute Gasteiger partial charge is 0.360 e. The number of halogens is 3. The van der Waals surface area contributed by atoms with Crippen LogP contribution in [-0.4, -0.2) is 36.4 Å². The minimum Gasteiger partial charge on any atom is -0.360 e. The molecule has 1 N–H and O–H groups in total. The molecule has 0 radical (unpaired) electrons. The lowest BCUT2D eigenvalue weighted by Crippen LogP contribution is -2.61. The second kappa shape index (κ2) is 9.06.